The largest absolute Gasteiger partial charge is 0.493 e. The number of amides is 2. The zero-order valence-electron chi connectivity index (χ0n) is 35.3. The Morgan fingerprint density at radius 3 is 2.11 bits per heavy atom. The quantitative estimate of drug-likeness (QED) is 0.157. The number of rotatable bonds is 16. The first kappa shape index (κ1) is 41.2. The van der Waals surface area contributed by atoms with E-state index < -0.39 is 0 Å². The van der Waals surface area contributed by atoms with Crippen molar-refractivity contribution in [3.8, 4) is 23.0 Å². The molecule has 2 fully saturated rings. The van der Waals surface area contributed by atoms with Gasteiger partial charge in [0.05, 0.1) is 62.0 Å². The Bertz CT molecular complexity index is 1870. The number of carbonyl (C=O) groups is 2. The molecule has 2 amide bonds. The van der Waals surface area contributed by atoms with Gasteiger partial charge in [0.1, 0.15) is 0 Å². The molecule has 3 unspecified atom stereocenters. The maximum absolute atomic E-state index is 14.1. The first-order valence-electron chi connectivity index (χ1n) is 20.6. The summed E-state index contributed by atoms with van der Waals surface area (Å²) in [4.78, 5) is 38.5. The highest BCUT2D eigenvalue weighted by molar-refractivity contribution is 6.04. The van der Waals surface area contributed by atoms with Gasteiger partial charge in [-0.25, -0.2) is 0 Å². The van der Waals surface area contributed by atoms with E-state index in [9.17, 15) is 9.59 Å². The van der Waals surface area contributed by atoms with Crippen LogP contribution in [0.25, 0.3) is 0 Å². The van der Waals surface area contributed by atoms with Crippen LogP contribution < -0.4 is 23.8 Å². The number of aliphatic imine (C=N–C) groups is 1. The lowest BCUT2D eigenvalue weighted by molar-refractivity contribution is 0.0730. The van der Waals surface area contributed by atoms with Crippen molar-refractivity contribution >= 4 is 29.4 Å². The summed E-state index contributed by atoms with van der Waals surface area (Å²) in [6, 6.07) is 8.00. The maximum atomic E-state index is 14.1. The van der Waals surface area contributed by atoms with Crippen LogP contribution in [-0.4, -0.2) is 92.5 Å². The van der Waals surface area contributed by atoms with E-state index in [-0.39, 0.29) is 40.8 Å². The number of nitrogens with zero attached hydrogens (tertiary/aromatic N) is 4. The lowest BCUT2D eigenvalue weighted by Crippen LogP contribution is -2.50. The molecule has 0 saturated carbocycles. The van der Waals surface area contributed by atoms with E-state index in [0.717, 1.165) is 68.2 Å². The van der Waals surface area contributed by atoms with Crippen LogP contribution in [0.15, 0.2) is 53.6 Å². The third-order valence-electron chi connectivity index (χ3n) is 12.4. The Morgan fingerprint density at radius 2 is 1.43 bits per heavy atom. The van der Waals surface area contributed by atoms with Gasteiger partial charge in [-0.05, 0) is 74.8 Å². The second-order valence-electron chi connectivity index (χ2n) is 17.9. The molecule has 2 aromatic carbocycles. The van der Waals surface area contributed by atoms with E-state index in [0.29, 0.717) is 72.2 Å². The summed E-state index contributed by atoms with van der Waals surface area (Å²) in [6.07, 6.45) is 9.26. The molecule has 10 heteroatoms. The van der Waals surface area contributed by atoms with Crippen molar-refractivity contribution in [2.45, 2.75) is 124 Å². The lowest BCUT2D eigenvalue weighted by Gasteiger charge is -2.41. The van der Waals surface area contributed by atoms with E-state index >= 15 is 0 Å². The van der Waals surface area contributed by atoms with Gasteiger partial charge in [-0.15, -0.1) is 0 Å². The molecule has 2 saturated heterocycles. The van der Waals surface area contributed by atoms with Gasteiger partial charge in [-0.2, -0.15) is 0 Å². The van der Waals surface area contributed by atoms with Gasteiger partial charge < -0.3 is 33.6 Å². The third kappa shape index (κ3) is 8.44. The summed E-state index contributed by atoms with van der Waals surface area (Å²) in [5.41, 5.74) is 4.73. The summed E-state index contributed by atoms with van der Waals surface area (Å²) in [7, 11) is 3.24. The van der Waals surface area contributed by atoms with Crippen molar-refractivity contribution in [2.24, 2.45) is 15.8 Å². The normalized spacial score (nSPS) is 21.3. The number of carbonyl (C=O) groups excluding carboxylic acids is 2. The molecular formula is C46H64N4O6. The number of ether oxygens (including phenoxy) is 4. The molecule has 4 heterocycles. The number of hydrogen-bond donors (Lipinski definition) is 0. The van der Waals surface area contributed by atoms with Gasteiger partial charge in [0, 0.05) is 43.5 Å². The highest BCUT2D eigenvalue weighted by Crippen LogP contribution is 2.45. The Labute approximate surface area is 334 Å². The second-order valence-corrected chi connectivity index (χ2v) is 17.9. The van der Waals surface area contributed by atoms with Gasteiger partial charge in [-0.3, -0.25) is 14.6 Å². The summed E-state index contributed by atoms with van der Waals surface area (Å²) < 4.78 is 24.5. The van der Waals surface area contributed by atoms with E-state index in [1.54, 1.807) is 20.3 Å². The minimum Gasteiger partial charge on any atom is -0.493 e. The first-order valence-corrected chi connectivity index (χ1v) is 20.6. The van der Waals surface area contributed by atoms with E-state index in [2.05, 4.69) is 77.6 Å². The molecule has 56 heavy (non-hydrogen) atoms. The summed E-state index contributed by atoms with van der Waals surface area (Å²) in [5.74, 6) is 2.33. The fourth-order valence-corrected chi connectivity index (χ4v) is 8.84. The van der Waals surface area contributed by atoms with Crippen molar-refractivity contribution in [1.29, 1.82) is 0 Å². The van der Waals surface area contributed by atoms with Crippen LogP contribution in [0.2, 0.25) is 0 Å². The predicted octanol–water partition coefficient (Wildman–Crippen LogP) is 9.43. The van der Waals surface area contributed by atoms with Crippen molar-refractivity contribution in [2.75, 3.05) is 45.4 Å². The fraction of sp³-hybridized carbons (Fsp3) is 0.587. The fourth-order valence-electron chi connectivity index (χ4n) is 8.84. The molecule has 0 bridgehead atoms. The smallest absolute Gasteiger partial charge is 0.257 e. The van der Waals surface area contributed by atoms with Gasteiger partial charge in [0.2, 0.25) is 0 Å². The van der Waals surface area contributed by atoms with Gasteiger partial charge >= 0.3 is 0 Å². The van der Waals surface area contributed by atoms with Crippen LogP contribution in [0.3, 0.4) is 0 Å². The van der Waals surface area contributed by atoms with Crippen molar-refractivity contribution in [1.82, 2.24) is 9.80 Å². The molecule has 0 aromatic heterocycles. The molecule has 4 atom stereocenters. The molecule has 2 aromatic rings. The number of anilines is 1. The molecular weight excluding hydrogens is 705 g/mol. The highest BCUT2D eigenvalue weighted by atomic mass is 16.5. The topological polar surface area (TPSA) is 93.1 Å². The SMILES string of the molecule is C=C1CC2C=Nc3cc(OCC(C)(C)CCC(C)(C)CCOc4cc5c(cc4OC)C(=O)N4CC(=C)C[C@H]4C(C)N5C(CC)CCC)c(OC)cc3C(=O)N2C1. The average Bonchev–Trinajstić information content (AvgIpc) is 3.70. The number of benzene rings is 2. The van der Waals surface area contributed by atoms with Gasteiger partial charge in [0.15, 0.2) is 23.0 Å². The molecule has 4 aliphatic heterocycles. The molecule has 0 radical (unpaired) electrons. The minimum absolute atomic E-state index is 0.0101. The van der Waals surface area contributed by atoms with Crippen molar-refractivity contribution in [3.05, 3.63) is 59.7 Å². The van der Waals surface area contributed by atoms with Crippen molar-refractivity contribution < 1.29 is 28.5 Å². The first-order chi connectivity index (χ1) is 26.6. The summed E-state index contributed by atoms with van der Waals surface area (Å²) >= 11 is 0. The molecule has 10 nitrogen and oxygen atoms in total. The number of hydrogen-bond acceptors (Lipinski definition) is 8. The highest BCUT2D eigenvalue weighted by Gasteiger charge is 2.44. The molecule has 0 spiro atoms. The average molecular weight is 769 g/mol. The predicted molar refractivity (Wildman–Crippen MR) is 225 cm³/mol. The maximum Gasteiger partial charge on any atom is 0.257 e. The summed E-state index contributed by atoms with van der Waals surface area (Å²) in [6.45, 7) is 26.2. The zero-order valence-corrected chi connectivity index (χ0v) is 35.3. The minimum atomic E-state index is -0.139. The van der Waals surface area contributed by atoms with Crippen LogP contribution in [0, 0.1) is 10.8 Å². The van der Waals surface area contributed by atoms with E-state index in [1.165, 1.54) is 0 Å². The van der Waals surface area contributed by atoms with E-state index in [4.69, 9.17) is 18.9 Å². The molecule has 0 aliphatic carbocycles. The second kappa shape index (κ2) is 16.6. The van der Waals surface area contributed by atoms with Gasteiger partial charge in [-0.1, -0.05) is 72.3 Å². The monoisotopic (exact) mass is 768 g/mol. The Morgan fingerprint density at radius 1 is 0.804 bits per heavy atom. The number of fused-ring (bicyclic) bond motifs is 4. The van der Waals surface area contributed by atoms with Gasteiger partial charge in [0.25, 0.3) is 11.8 Å². The van der Waals surface area contributed by atoms with Crippen LogP contribution >= 0.6 is 0 Å². The zero-order chi connectivity index (χ0) is 40.5. The number of methoxy groups -OCH3 is 2. The summed E-state index contributed by atoms with van der Waals surface area (Å²) in [5, 5.41) is 0. The molecule has 6 rings (SSSR count). The Hall–Kier alpha value is -4.47. The lowest BCUT2D eigenvalue weighted by atomic mass is 9.78. The molecule has 304 valence electrons. The Balaban J connectivity index is 1.11. The third-order valence-corrected chi connectivity index (χ3v) is 12.4. The van der Waals surface area contributed by atoms with E-state index in [1.807, 2.05) is 28.1 Å². The van der Waals surface area contributed by atoms with Crippen LogP contribution in [-0.2, 0) is 0 Å². The standard InChI is InChI=1S/C46H64N4O6/c1-12-14-32(13-2)50-31(5)37-20-30(4)27-49(37)44(52)35-22-40(54-11)42(24-38(35)50)55-18-17-45(6,7)15-16-46(8,9)28-56-41-23-36-34(21-39(41)53-10)43(51)48-26-29(3)19-33(48)25-47-36/h21-25,31-33,37H,3-4,12-20,26-28H2,1-2,5-11H3/t31?,32?,33?,37-/m0/s1. The van der Waals surface area contributed by atoms with Crippen molar-refractivity contribution in [3.63, 3.8) is 0 Å². The van der Waals surface area contributed by atoms with Crippen LogP contribution in [0.1, 0.15) is 121 Å². The van der Waals surface area contributed by atoms with Crippen LogP contribution in [0.5, 0.6) is 23.0 Å². The molecule has 0 N–H and O–H groups in total. The van der Waals surface area contributed by atoms with Crippen LogP contribution in [0.4, 0.5) is 11.4 Å². The molecule has 4 aliphatic rings. The Kier molecular flexibility index (Phi) is 12.2.